The van der Waals surface area contributed by atoms with E-state index in [0.717, 1.165) is 10.9 Å². The summed E-state index contributed by atoms with van der Waals surface area (Å²) in [6.07, 6.45) is 5.10. The van der Waals surface area contributed by atoms with Gasteiger partial charge >= 0.3 is 0 Å². The SMILES string of the molecule is CCOc1c(C(C)NC(=O)c2c(N)nn3cccnc23)cc(Cl)c2cn(C)nc12. The average molecular weight is 414 g/mol. The lowest BCUT2D eigenvalue weighted by Crippen LogP contribution is -2.27. The highest BCUT2D eigenvalue weighted by molar-refractivity contribution is 6.35. The number of carbonyl (C=O) groups is 1. The predicted molar refractivity (Wildman–Crippen MR) is 110 cm³/mol. The number of aromatic nitrogens is 5. The Labute approximate surface area is 171 Å². The molecular formula is C19H20ClN7O2. The maximum absolute atomic E-state index is 13.0. The van der Waals surface area contributed by atoms with E-state index in [2.05, 4.69) is 20.5 Å². The highest BCUT2D eigenvalue weighted by atomic mass is 35.5. The van der Waals surface area contributed by atoms with Crippen molar-refractivity contribution < 1.29 is 9.53 Å². The van der Waals surface area contributed by atoms with Crippen LogP contribution in [0, 0.1) is 0 Å². The molecule has 0 aliphatic carbocycles. The number of ether oxygens (including phenoxy) is 1. The van der Waals surface area contributed by atoms with Gasteiger partial charge in [0, 0.05) is 36.6 Å². The van der Waals surface area contributed by atoms with Crippen LogP contribution in [0.3, 0.4) is 0 Å². The van der Waals surface area contributed by atoms with E-state index in [-0.39, 0.29) is 17.3 Å². The molecule has 1 amide bonds. The number of nitrogens with one attached hydrogen (secondary N) is 1. The fraction of sp³-hybridized carbons (Fsp3) is 0.263. The molecule has 0 aliphatic rings. The van der Waals surface area contributed by atoms with E-state index in [0.29, 0.717) is 28.5 Å². The van der Waals surface area contributed by atoms with E-state index in [1.54, 1.807) is 29.2 Å². The van der Waals surface area contributed by atoms with Crippen LogP contribution in [0.2, 0.25) is 5.02 Å². The average Bonchev–Trinajstić information content (AvgIpc) is 3.23. The smallest absolute Gasteiger partial charge is 0.259 e. The van der Waals surface area contributed by atoms with Gasteiger partial charge in [-0.2, -0.15) is 5.10 Å². The standard InChI is InChI=1S/C19H20ClN7O2/c1-4-29-16-11(8-13(20)12-9-26(3)24-15(12)16)10(2)23-19(28)14-17(21)25-27-7-5-6-22-18(14)27/h5-10H,4H2,1-3H3,(H2,21,25)(H,23,28). The van der Waals surface area contributed by atoms with Gasteiger partial charge < -0.3 is 15.8 Å². The zero-order valence-corrected chi connectivity index (χ0v) is 16.9. The summed E-state index contributed by atoms with van der Waals surface area (Å²) in [4.78, 5) is 17.2. The van der Waals surface area contributed by atoms with Crippen molar-refractivity contribution in [2.45, 2.75) is 19.9 Å². The van der Waals surface area contributed by atoms with Crippen LogP contribution in [0.25, 0.3) is 16.6 Å². The quantitative estimate of drug-likeness (QED) is 0.520. The van der Waals surface area contributed by atoms with Crippen LogP contribution in [0.15, 0.2) is 30.7 Å². The number of anilines is 1. The minimum absolute atomic E-state index is 0.108. The molecule has 3 N–H and O–H groups in total. The second-order valence-electron chi connectivity index (χ2n) is 6.62. The van der Waals surface area contributed by atoms with Gasteiger partial charge in [-0.25, -0.2) is 9.50 Å². The van der Waals surface area contributed by atoms with Gasteiger partial charge in [0.1, 0.15) is 11.1 Å². The van der Waals surface area contributed by atoms with Crippen LogP contribution < -0.4 is 15.8 Å². The van der Waals surface area contributed by atoms with Gasteiger partial charge in [0.25, 0.3) is 5.91 Å². The summed E-state index contributed by atoms with van der Waals surface area (Å²) in [5, 5.41) is 12.9. The van der Waals surface area contributed by atoms with Crippen molar-refractivity contribution in [1.29, 1.82) is 0 Å². The molecule has 3 heterocycles. The predicted octanol–water partition coefficient (Wildman–Crippen LogP) is 2.74. The minimum Gasteiger partial charge on any atom is -0.491 e. The molecule has 29 heavy (non-hydrogen) atoms. The Balaban J connectivity index is 1.73. The first-order valence-corrected chi connectivity index (χ1v) is 9.46. The van der Waals surface area contributed by atoms with Gasteiger partial charge in [-0.3, -0.25) is 9.48 Å². The first-order chi connectivity index (χ1) is 13.9. The van der Waals surface area contributed by atoms with E-state index in [1.165, 1.54) is 4.52 Å². The molecular weight excluding hydrogens is 394 g/mol. The second-order valence-corrected chi connectivity index (χ2v) is 7.03. The number of nitrogens with zero attached hydrogens (tertiary/aromatic N) is 5. The third-order valence-corrected chi connectivity index (χ3v) is 4.91. The van der Waals surface area contributed by atoms with Crippen LogP contribution in [0.5, 0.6) is 5.75 Å². The number of nitrogen functional groups attached to an aromatic ring is 1. The Bertz CT molecular complexity index is 1230. The minimum atomic E-state index is -0.425. The number of carbonyl (C=O) groups excluding carboxylic acids is 1. The van der Waals surface area contributed by atoms with E-state index in [9.17, 15) is 4.79 Å². The molecule has 0 spiro atoms. The molecule has 0 saturated heterocycles. The molecule has 10 heteroatoms. The maximum atomic E-state index is 13.0. The Hall–Kier alpha value is -3.33. The summed E-state index contributed by atoms with van der Waals surface area (Å²) in [6, 6.07) is 3.08. The molecule has 0 radical (unpaired) electrons. The molecule has 0 bridgehead atoms. The normalized spacial score (nSPS) is 12.4. The maximum Gasteiger partial charge on any atom is 0.259 e. The molecule has 0 fully saturated rings. The van der Waals surface area contributed by atoms with Gasteiger partial charge in [0.2, 0.25) is 0 Å². The third-order valence-electron chi connectivity index (χ3n) is 4.60. The topological polar surface area (TPSA) is 112 Å². The summed E-state index contributed by atoms with van der Waals surface area (Å²) >= 11 is 6.47. The Kier molecular flexibility index (Phi) is 4.75. The van der Waals surface area contributed by atoms with Crippen molar-refractivity contribution in [2.75, 3.05) is 12.3 Å². The van der Waals surface area contributed by atoms with Crippen LogP contribution in [-0.4, -0.2) is 36.9 Å². The van der Waals surface area contributed by atoms with E-state index >= 15 is 0 Å². The fourth-order valence-corrected chi connectivity index (χ4v) is 3.59. The van der Waals surface area contributed by atoms with Crippen molar-refractivity contribution >= 4 is 39.9 Å². The number of halogens is 1. The van der Waals surface area contributed by atoms with Crippen molar-refractivity contribution in [3.05, 3.63) is 46.9 Å². The van der Waals surface area contributed by atoms with Gasteiger partial charge in [0.15, 0.2) is 17.2 Å². The molecule has 150 valence electrons. The van der Waals surface area contributed by atoms with E-state index < -0.39 is 6.04 Å². The highest BCUT2D eigenvalue weighted by Crippen LogP contribution is 2.37. The lowest BCUT2D eigenvalue weighted by molar-refractivity contribution is 0.0942. The number of fused-ring (bicyclic) bond motifs is 2. The Morgan fingerprint density at radius 2 is 2.21 bits per heavy atom. The molecule has 1 atom stereocenters. The largest absolute Gasteiger partial charge is 0.491 e. The third kappa shape index (κ3) is 3.23. The highest BCUT2D eigenvalue weighted by Gasteiger charge is 2.24. The van der Waals surface area contributed by atoms with Crippen molar-refractivity contribution in [1.82, 2.24) is 29.7 Å². The summed E-state index contributed by atoms with van der Waals surface area (Å²) in [6.45, 7) is 4.18. The zero-order valence-electron chi connectivity index (χ0n) is 16.2. The molecule has 0 aliphatic heterocycles. The first-order valence-electron chi connectivity index (χ1n) is 9.09. The summed E-state index contributed by atoms with van der Waals surface area (Å²) in [5.74, 6) is 0.311. The monoisotopic (exact) mass is 413 g/mol. The number of hydrogen-bond donors (Lipinski definition) is 2. The van der Waals surface area contributed by atoms with Crippen LogP contribution in [-0.2, 0) is 7.05 Å². The Morgan fingerprint density at radius 1 is 1.41 bits per heavy atom. The van der Waals surface area contributed by atoms with Gasteiger partial charge in [0.05, 0.1) is 17.7 Å². The summed E-state index contributed by atoms with van der Waals surface area (Å²) < 4.78 is 9.01. The molecule has 9 nitrogen and oxygen atoms in total. The Morgan fingerprint density at radius 3 is 2.97 bits per heavy atom. The summed E-state index contributed by atoms with van der Waals surface area (Å²) in [7, 11) is 1.82. The van der Waals surface area contributed by atoms with Crippen LogP contribution in [0.1, 0.15) is 35.8 Å². The molecule has 4 rings (SSSR count). The summed E-state index contributed by atoms with van der Waals surface area (Å²) in [5.41, 5.74) is 7.94. The zero-order chi connectivity index (χ0) is 20.7. The number of benzene rings is 1. The molecule has 4 aromatic rings. The number of nitrogens with two attached hydrogens (primary N) is 1. The lowest BCUT2D eigenvalue weighted by atomic mass is 10.0. The number of rotatable bonds is 5. The number of amides is 1. The van der Waals surface area contributed by atoms with Gasteiger partial charge in [-0.05, 0) is 26.0 Å². The molecule has 3 aromatic heterocycles. The van der Waals surface area contributed by atoms with Crippen molar-refractivity contribution in [3.63, 3.8) is 0 Å². The van der Waals surface area contributed by atoms with Gasteiger partial charge in [-0.1, -0.05) is 11.6 Å². The van der Waals surface area contributed by atoms with E-state index in [4.69, 9.17) is 22.1 Å². The molecule has 1 unspecified atom stereocenters. The van der Waals surface area contributed by atoms with Crippen molar-refractivity contribution in [3.8, 4) is 5.75 Å². The van der Waals surface area contributed by atoms with Crippen LogP contribution >= 0.6 is 11.6 Å². The number of hydrogen-bond acceptors (Lipinski definition) is 6. The van der Waals surface area contributed by atoms with Crippen LogP contribution in [0.4, 0.5) is 5.82 Å². The second kappa shape index (κ2) is 7.25. The lowest BCUT2D eigenvalue weighted by Gasteiger charge is -2.19. The fourth-order valence-electron chi connectivity index (χ4n) is 3.33. The molecule has 1 aromatic carbocycles. The van der Waals surface area contributed by atoms with E-state index in [1.807, 2.05) is 27.1 Å². The van der Waals surface area contributed by atoms with Gasteiger partial charge in [-0.15, -0.1) is 5.10 Å². The van der Waals surface area contributed by atoms with Crippen molar-refractivity contribution in [2.24, 2.45) is 7.05 Å². The number of aryl methyl sites for hydroxylation is 1. The first kappa shape index (κ1) is 19.0. The molecule has 0 saturated carbocycles.